The third-order valence-corrected chi connectivity index (χ3v) is 5.23. The third kappa shape index (κ3) is 3.86. The number of thiocarbonyl (C=S) groups is 1. The maximum atomic E-state index is 12.7. The lowest BCUT2D eigenvalue weighted by molar-refractivity contribution is 0.0524. The predicted octanol–water partition coefficient (Wildman–Crippen LogP) is 1.52. The van der Waals surface area contributed by atoms with Crippen LogP contribution in [-0.2, 0) is 11.3 Å². The summed E-state index contributed by atoms with van der Waals surface area (Å²) in [5, 5.41) is 0.396. The Bertz CT molecular complexity index is 932. The molecule has 0 atom stereocenters. The first-order valence-corrected chi connectivity index (χ1v) is 9.56. The summed E-state index contributed by atoms with van der Waals surface area (Å²) in [6.07, 6.45) is 1.53. The average molecular weight is 388 g/mol. The van der Waals surface area contributed by atoms with Gasteiger partial charge in [-0.25, -0.2) is 9.78 Å². The fraction of sp³-hybridized carbons (Fsp3) is 0.474. The largest absolute Gasteiger partial charge is 0.462 e. The van der Waals surface area contributed by atoms with Crippen LogP contribution in [0.25, 0.3) is 11.0 Å². The van der Waals surface area contributed by atoms with E-state index in [0.29, 0.717) is 28.3 Å². The maximum absolute atomic E-state index is 12.7. The van der Waals surface area contributed by atoms with Crippen molar-refractivity contribution >= 4 is 34.2 Å². The van der Waals surface area contributed by atoms with Gasteiger partial charge in [0.2, 0.25) is 5.43 Å². The first-order chi connectivity index (χ1) is 13.0. The smallest absolute Gasteiger partial charge is 0.343 e. The van der Waals surface area contributed by atoms with Crippen molar-refractivity contribution in [1.29, 1.82) is 0 Å². The Morgan fingerprint density at radius 1 is 1.22 bits per heavy atom. The van der Waals surface area contributed by atoms with E-state index in [-0.39, 0.29) is 17.6 Å². The number of carbonyl (C=O) groups is 1. The van der Waals surface area contributed by atoms with E-state index in [1.54, 1.807) is 23.6 Å². The van der Waals surface area contributed by atoms with Gasteiger partial charge in [-0.1, -0.05) is 12.2 Å². The molecule has 2 aromatic rings. The number of pyridine rings is 2. The second-order valence-electron chi connectivity index (χ2n) is 6.54. The number of esters is 1. The molecule has 0 bridgehead atoms. The van der Waals surface area contributed by atoms with Gasteiger partial charge in [0.25, 0.3) is 0 Å². The molecule has 0 saturated carbocycles. The van der Waals surface area contributed by atoms with E-state index in [1.165, 1.54) is 6.20 Å². The Morgan fingerprint density at radius 2 is 1.93 bits per heavy atom. The molecule has 1 aliphatic rings. The maximum Gasteiger partial charge on any atom is 0.343 e. The third-order valence-electron chi connectivity index (χ3n) is 4.77. The minimum absolute atomic E-state index is 0.0300. The summed E-state index contributed by atoms with van der Waals surface area (Å²) in [7, 11) is 2.09. The van der Waals surface area contributed by atoms with E-state index < -0.39 is 5.97 Å². The number of aryl methyl sites for hydroxylation is 1. The highest BCUT2D eigenvalue weighted by Gasteiger charge is 2.21. The van der Waals surface area contributed by atoms with E-state index >= 15 is 0 Å². The Kier molecular flexibility index (Phi) is 5.86. The van der Waals surface area contributed by atoms with Gasteiger partial charge in [0.1, 0.15) is 21.9 Å². The number of piperazine rings is 1. The normalized spacial score (nSPS) is 15.1. The second kappa shape index (κ2) is 8.14. The van der Waals surface area contributed by atoms with Crippen molar-refractivity contribution in [3.8, 4) is 0 Å². The monoisotopic (exact) mass is 388 g/mol. The summed E-state index contributed by atoms with van der Waals surface area (Å²) in [4.78, 5) is 34.6. The summed E-state index contributed by atoms with van der Waals surface area (Å²) < 4.78 is 6.79. The number of fused-ring (bicyclic) bond motifs is 1. The minimum Gasteiger partial charge on any atom is -0.462 e. The van der Waals surface area contributed by atoms with Gasteiger partial charge in [-0.05, 0) is 33.0 Å². The zero-order valence-electron chi connectivity index (χ0n) is 15.9. The first-order valence-electron chi connectivity index (χ1n) is 9.15. The zero-order valence-corrected chi connectivity index (χ0v) is 16.7. The number of aromatic nitrogens is 2. The molecule has 1 saturated heterocycles. The number of rotatable bonds is 4. The Morgan fingerprint density at radius 3 is 2.56 bits per heavy atom. The number of ether oxygens (including phenoxy) is 1. The molecule has 1 aliphatic heterocycles. The number of hydrogen-bond acceptors (Lipinski definition) is 6. The van der Waals surface area contributed by atoms with Gasteiger partial charge in [-0.15, -0.1) is 0 Å². The zero-order chi connectivity index (χ0) is 19.6. The van der Waals surface area contributed by atoms with Gasteiger partial charge in [-0.2, -0.15) is 0 Å². The number of carbonyl (C=O) groups excluding carboxylic acids is 1. The molecule has 0 amide bonds. The Hall–Kier alpha value is -2.32. The van der Waals surface area contributed by atoms with Crippen LogP contribution in [0.5, 0.6) is 0 Å². The fourth-order valence-electron chi connectivity index (χ4n) is 3.15. The van der Waals surface area contributed by atoms with Gasteiger partial charge >= 0.3 is 5.97 Å². The lowest BCUT2D eigenvalue weighted by Gasteiger charge is -2.33. The molecule has 2 aromatic heterocycles. The predicted molar refractivity (Wildman–Crippen MR) is 108 cm³/mol. The number of nitrogens with zero attached hydrogens (tertiary/aromatic N) is 4. The quantitative estimate of drug-likeness (QED) is 0.581. The van der Waals surface area contributed by atoms with Crippen LogP contribution in [0.3, 0.4) is 0 Å². The molecule has 0 aromatic carbocycles. The molecule has 27 heavy (non-hydrogen) atoms. The first kappa shape index (κ1) is 19.4. The minimum atomic E-state index is -0.608. The van der Waals surface area contributed by atoms with E-state index in [1.807, 2.05) is 6.92 Å². The highest BCUT2D eigenvalue weighted by Crippen LogP contribution is 2.15. The number of hydrogen-bond donors (Lipinski definition) is 0. The van der Waals surface area contributed by atoms with E-state index in [9.17, 15) is 9.59 Å². The lowest BCUT2D eigenvalue weighted by atomic mass is 10.1. The summed E-state index contributed by atoms with van der Waals surface area (Å²) in [5.41, 5.74) is 0.872. The SMILES string of the molecule is CCOC(=O)c1cn(CC)c2nc(C(=S)N3CCN(C)CC3)ccc2c1=O. The molecule has 8 heteroatoms. The molecule has 0 radical (unpaired) electrons. The molecule has 0 N–H and O–H groups in total. The van der Waals surface area contributed by atoms with Crippen LogP contribution in [0, 0.1) is 0 Å². The van der Waals surface area contributed by atoms with Crippen LogP contribution < -0.4 is 5.43 Å². The fourth-order valence-corrected chi connectivity index (χ4v) is 3.45. The second-order valence-corrected chi connectivity index (χ2v) is 6.93. The van der Waals surface area contributed by atoms with Crippen LogP contribution in [0.2, 0.25) is 0 Å². The Balaban J connectivity index is 2.02. The average Bonchev–Trinajstić information content (AvgIpc) is 2.68. The van der Waals surface area contributed by atoms with Crippen molar-refractivity contribution in [2.75, 3.05) is 39.8 Å². The van der Waals surface area contributed by atoms with Gasteiger partial charge in [0, 0.05) is 38.9 Å². The molecular weight excluding hydrogens is 364 g/mol. The molecule has 1 fully saturated rings. The lowest BCUT2D eigenvalue weighted by Crippen LogP contribution is -2.47. The van der Waals surface area contributed by atoms with Crippen LogP contribution >= 0.6 is 12.2 Å². The van der Waals surface area contributed by atoms with E-state index in [2.05, 4.69) is 21.8 Å². The molecular formula is C19H24N4O3S. The van der Waals surface area contributed by atoms with Crippen molar-refractivity contribution < 1.29 is 9.53 Å². The van der Waals surface area contributed by atoms with Gasteiger partial charge in [0.15, 0.2) is 0 Å². The van der Waals surface area contributed by atoms with Crippen molar-refractivity contribution in [2.24, 2.45) is 0 Å². The molecule has 144 valence electrons. The van der Waals surface area contributed by atoms with Crippen LogP contribution in [-0.4, -0.2) is 70.1 Å². The van der Waals surface area contributed by atoms with Gasteiger partial charge in [-0.3, -0.25) is 4.79 Å². The van der Waals surface area contributed by atoms with Crippen molar-refractivity contribution in [2.45, 2.75) is 20.4 Å². The summed E-state index contributed by atoms with van der Waals surface area (Å²) in [5.74, 6) is -0.608. The number of likely N-dealkylation sites (N-methyl/N-ethyl adjacent to an activating group) is 1. The molecule has 3 heterocycles. The highest BCUT2D eigenvalue weighted by atomic mass is 32.1. The molecule has 0 unspecified atom stereocenters. The van der Waals surface area contributed by atoms with Gasteiger partial charge < -0.3 is 19.1 Å². The van der Waals surface area contributed by atoms with Crippen LogP contribution in [0.1, 0.15) is 29.9 Å². The van der Waals surface area contributed by atoms with Crippen molar-refractivity contribution in [3.63, 3.8) is 0 Å². The molecule has 7 nitrogen and oxygen atoms in total. The van der Waals surface area contributed by atoms with Crippen LogP contribution in [0.15, 0.2) is 23.1 Å². The van der Waals surface area contributed by atoms with Crippen molar-refractivity contribution in [1.82, 2.24) is 19.4 Å². The molecule has 0 aliphatic carbocycles. The highest BCUT2D eigenvalue weighted by molar-refractivity contribution is 7.80. The summed E-state index contributed by atoms with van der Waals surface area (Å²) in [6.45, 7) is 8.07. The van der Waals surface area contributed by atoms with Gasteiger partial charge in [0.05, 0.1) is 12.0 Å². The van der Waals surface area contributed by atoms with Crippen LogP contribution in [0.4, 0.5) is 0 Å². The van der Waals surface area contributed by atoms with E-state index in [0.717, 1.165) is 26.2 Å². The molecule has 0 spiro atoms. The summed E-state index contributed by atoms with van der Waals surface area (Å²) in [6, 6.07) is 3.47. The van der Waals surface area contributed by atoms with E-state index in [4.69, 9.17) is 17.0 Å². The Labute approximate surface area is 163 Å². The molecule has 3 rings (SSSR count). The van der Waals surface area contributed by atoms with Crippen molar-refractivity contribution in [3.05, 3.63) is 39.8 Å². The standard InChI is InChI=1S/C19H24N4O3S/c1-4-22-12-14(19(25)26-5-2)16(24)13-6-7-15(20-17(13)22)18(27)23-10-8-21(3)9-11-23/h6-7,12H,4-5,8-11H2,1-3H3. The topological polar surface area (TPSA) is 67.7 Å². The summed E-state index contributed by atoms with van der Waals surface area (Å²) >= 11 is 5.64.